The van der Waals surface area contributed by atoms with E-state index in [0.717, 1.165) is 44.6 Å². The Bertz CT molecular complexity index is 784. The van der Waals surface area contributed by atoms with E-state index >= 15 is 0 Å². The van der Waals surface area contributed by atoms with Crippen LogP contribution in [0.15, 0.2) is 23.1 Å². The fourth-order valence-electron chi connectivity index (χ4n) is 3.48. The van der Waals surface area contributed by atoms with E-state index < -0.39 is 15.8 Å². The smallest absolute Gasteiger partial charge is 0.254 e. The second-order valence-electron chi connectivity index (χ2n) is 8.02. The van der Waals surface area contributed by atoms with Crippen molar-refractivity contribution in [3.8, 4) is 0 Å². The Morgan fingerprint density at radius 3 is 2.48 bits per heavy atom. The van der Waals surface area contributed by atoms with Crippen LogP contribution >= 0.6 is 0 Å². The van der Waals surface area contributed by atoms with Gasteiger partial charge in [0.25, 0.3) is 5.91 Å². The van der Waals surface area contributed by atoms with Gasteiger partial charge in [0.05, 0.1) is 0 Å². The maximum Gasteiger partial charge on any atom is 0.254 e. The molecule has 1 aromatic carbocycles. The van der Waals surface area contributed by atoms with Gasteiger partial charge in [-0.15, -0.1) is 0 Å². The first-order valence-electron chi connectivity index (χ1n) is 9.91. The number of nitrogens with zero attached hydrogens (tertiary/aromatic N) is 2. The second kappa shape index (κ2) is 8.27. The summed E-state index contributed by atoms with van der Waals surface area (Å²) >= 11 is 0. The normalized spacial score (nSPS) is 18.7. The molecule has 3 rings (SSSR count). The van der Waals surface area contributed by atoms with Gasteiger partial charge in [0.2, 0.25) is 10.0 Å². The molecule has 150 valence electrons. The highest BCUT2D eigenvalue weighted by Gasteiger charge is 2.34. The van der Waals surface area contributed by atoms with Crippen LogP contribution in [0.25, 0.3) is 0 Å². The highest BCUT2D eigenvalue weighted by Crippen LogP contribution is 2.30. The average molecular weight is 397 g/mol. The molecule has 0 spiro atoms. The molecular weight excluding hydrogens is 367 g/mol. The molecule has 0 unspecified atom stereocenters. The zero-order valence-corrected chi connectivity index (χ0v) is 17.0. The summed E-state index contributed by atoms with van der Waals surface area (Å²) in [5, 5.41) is 0. The Morgan fingerprint density at radius 2 is 1.89 bits per heavy atom. The van der Waals surface area contributed by atoms with Crippen LogP contribution in [-0.2, 0) is 10.0 Å². The first kappa shape index (κ1) is 20.3. The summed E-state index contributed by atoms with van der Waals surface area (Å²) in [7, 11) is -3.92. The van der Waals surface area contributed by atoms with Crippen molar-refractivity contribution in [1.82, 2.24) is 9.21 Å². The van der Waals surface area contributed by atoms with Crippen LogP contribution in [-0.4, -0.2) is 49.2 Å². The van der Waals surface area contributed by atoms with Crippen molar-refractivity contribution >= 4 is 15.9 Å². The molecule has 7 heteroatoms. The first-order chi connectivity index (χ1) is 12.8. The van der Waals surface area contributed by atoms with Gasteiger partial charge in [-0.3, -0.25) is 4.79 Å². The minimum absolute atomic E-state index is 0.201. The number of amides is 1. The van der Waals surface area contributed by atoms with Crippen LogP contribution in [0.4, 0.5) is 4.39 Å². The van der Waals surface area contributed by atoms with Crippen LogP contribution in [0.5, 0.6) is 0 Å². The summed E-state index contributed by atoms with van der Waals surface area (Å²) in [5.74, 6) is -0.521. The standard InChI is InChI=1S/C20H29FN2O3S/c1-15(2)10-13-23(17-7-8-17)20(24)16-6-9-18(21)19(14-16)27(25,26)22-11-4-3-5-12-22/h6,9,14-15,17H,3-5,7-8,10-13H2,1-2H3. The largest absolute Gasteiger partial charge is 0.336 e. The molecule has 0 bridgehead atoms. The van der Waals surface area contributed by atoms with Gasteiger partial charge in [0, 0.05) is 31.2 Å². The highest BCUT2D eigenvalue weighted by atomic mass is 32.2. The van der Waals surface area contributed by atoms with Crippen LogP contribution in [0.3, 0.4) is 0 Å². The molecule has 1 amide bonds. The van der Waals surface area contributed by atoms with Crippen LogP contribution in [0.1, 0.15) is 62.7 Å². The maximum absolute atomic E-state index is 14.4. The summed E-state index contributed by atoms with van der Waals surface area (Å²) in [5.41, 5.74) is 0.252. The number of carbonyl (C=O) groups excluding carboxylic acids is 1. The lowest BCUT2D eigenvalue weighted by Gasteiger charge is -2.27. The van der Waals surface area contributed by atoms with Gasteiger partial charge in [-0.2, -0.15) is 4.31 Å². The predicted octanol–water partition coefficient (Wildman–Crippen LogP) is 3.65. The maximum atomic E-state index is 14.4. The lowest BCUT2D eigenvalue weighted by atomic mass is 10.1. The molecule has 1 heterocycles. The third kappa shape index (κ3) is 4.69. The lowest BCUT2D eigenvalue weighted by Crippen LogP contribution is -2.37. The lowest BCUT2D eigenvalue weighted by molar-refractivity contribution is 0.0735. The fraction of sp³-hybridized carbons (Fsp3) is 0.650. The summed E-state index contributed by atoms with van der Waals surface area (Å²) in [4.78, 5) is 14.4. The van der Waals surface area contributed by atoms with Gasteiger partial charge in [0.1, 0.15) is 10.7 Å². The van der Waals surface area contributed by atoms with E-state index in [-0.39, 0.29) is 22.4 Å². The van der Waals surface area contributed by atoms with E-state index in [1.54, 1.807) is 0 Å². The Kier molecular flexibility index (Phi) is 6.21. The number of piperidine rings is 1. The third-order valence-corrected chi connectivity index (χ3v) is 7.22. The molecule has 1 aromatic rings. The van der Waals surface area contributed by atoms with Crippen LogP contribution < -0.4 is 0 Å². The molecule has 2 aliphatic rings. The Balaban J connectivity index is 1.86. The Hall–Kier alpha value is -1.47. The van der Waals surface area contributed by atoms with Crippen LogP contribution in [0.2, 0.25) is 0 Å². The minimum atomic E-state index is -3.92. The van der Waals surface area contributed by atoms with Gasteiger partial charge >= 0.3 is 0 Å². The molecule has 1 aliphatic heterocycles. The topological polar surface area (TPSA) is 57.7 Å². The number of halogens is 1. The fourth-order valence-corrected chi connectivity index (χ4v) is 5.09. The molecule has 27 heavy (non-hydrogen) atoms. The predicted molar refractivity (Wildman–Crippen MR) is 103 cm³/mol. The monoisotopic (exact) mass is 396 g/mol. The van der Waals surface area contributed by atoms with Gasteiger partial charge in [-0.05, 0) is 56.2 Å². The number of hydrogen-bond donors (Lipinski definition) is 0. The molecule has 1 saturated heterocycles. The summed E-state index contributed by atoms with van der Waals surface area (Å²) in [6, 6.07) is 3.96. The molecule has 0 N–H and O–H groups in total. The molecular formula is C20H29FN2O3S. The van der Waals surface area contributed by atoms with Crippen molar-refractivity contribution < 1.29 is 17.6 Å². The average Bonchev–Trinajstić information content (AvgIpc) is 3.47. The van der Waals surface area contributed by atoms with Gasteiger partial charge in [-0.25, -0.2) is 12.8 Å². The van der Waals surface area contributed by atoms with Gasteiger partial charge < -0.3 is 4.90 Å². The molecule has 0 radical (unpaired) electrons. The van der Waals surface area contributed by atoms with E-state index in [1.165, 1.54) is 16.4 Å². The zero-order valence-electron chi connectivity index (χ0n) is 16.2. The molecule has 1 saturated carbocycles. The number of rotatable bonds is 7. The summed E-state index contributed by atoms with van der Waals surface area (Å²) in [6.45, 7) is 5.67. The van der Waals surface area contributed by atoms with E-state index in [4.69, 9.17) is 0 Å². The molecule has 1 aliphatic carbocycles. The minimum Gasteiger partial charge on any atom is -0.336 e. The van der Waals surface area contributed by atoms with E-state index in [0.29, 0.717) is 25.6 Å². The van der Waals surface area contributed by atoms with Gasteiger partial charge in [-0.1, -0.05) is 20.3 Å². The SMILES string of the molecule is CC(C)CCN(C(=O)c1ccc(F)c(S(=O)(=O)N2CCCCC2)c1)C1CC1. The second-order valence-corrected chi connectivity index (χ2v) is 9.93. The quantitative estimate of drug-likeness (QED) is 0.707. The van der Waals surface area contributed by atoms with Crippen molar-refractivity contribution in [2.75, 3.05) is 19.6 Å². The third-order valence-electron chi connectivity index (χ3n) is 5.31. The summed E-state index contributed by atoms with van der Waals surface area (Å²) in [6.07, 6.45) is 5.39. The zero-order chi connectivity index (χ0) is 19.6. The molecule has 5 nitrogen and oxygen atoms in total. The summed E-state index contributed by atoms with van der Waals surface area (Å²) < 4.78 is 41.5. The van der Waals surface area contributed by atoms with Crippen molar-refractivity contribution in [1.29, 1.82) is 0 Å². The van der Waals surface area contributed by atoms with E-state index in [2.05, 4.69) is 13.8 Å². The van der Waals surface area contributed by atoms with E-state index in [9.17, 15) is 17.6 Å². The van der Waals surface area contributed by atoms with Crippen molar-refractivity contribution in [3.63, 3.8) is 0 Å². The van der Waals surface area contributed by atoms with E-state index in [1.807, 2.05) is 4.90 Å². The van der Waals surface area contributed by atoms with Crippen molar-refractivity contribution in [3.05, 3.63) is 29.6 Å². The van der Waals surface area contributed by atoms with Crippen molar-refractivity contribution in [2.24, 2.45) is 5.92 Å². The highest BCUT2D eigenvalue weighted by molar-refractivity contribution is 7.89. The number of sulfonamides is 1. The van der Waals surface area contributed by atoms with Crippen LogP contribution in [0, 0.1) is 11.7 Å². The molecule has 0 aromatic heterocycles. The Morgan fingerprint density at radius 1 is 1.22 bits per heavy atom. The number of hydrogen-bond acceptors (Lipinski definition) is 3. The first-order valence-corrected chi connectivity index (χ1v) is 11.4. The molecule has 0 atom stereocenters. The van der Waals surface area contributed by atoms with Crippen molar-refractivity contribution in [2.45, 2.75) is 63.3 Å². The number of carbonyl (C=O) groups is 1. The molecule has 2 fully saturated rings. The van der Waals surface area contributed by atoms with Gasteiger partial charge in [0.15, 0.2) is 0 Å². The number of benzene rings is 1. The Labute approximate surface area is 161 Å².